The van der Waals surface area contributed by atoms with Gasteiger partial charge in [0.25, 0.3) is 0 Å². The van der Waals surface area contributed by atoms with Crippen molar-refractivity contribution in [3.8, 4) is 0 Å². The molecule has 0 heterocycles. The number of aliphatic hydroxyl groups is 1. The van der Waals surface area contributed by atoms with Crippen LogP contribution < -0.4 is 0 Å². The number of hydrogen-bond acceptors (Lipinski definition) is 15. The Labute approximate surface area is 618 Å². The maximum absolute atomic E-state index is 13.1. The molecular weight excluding hydrogens is 1320 g/mol. The van der Waals surface area contributed by atoms with Crippen molar-refractivity contribution in [1.29, 1.82) is 0 Å². The van der Waals surface area contributed by atoms with E-state index in [1.165, 1.54) is 205 Å². The Hall–Kier alpha value is -2.46. The van der Waals surface area contributed by atoms with E-state index in [9.17, 15) is 43.2 Å². The van der Waals surface area contributed by atoms with E-state index < -0.39 is 97.5 Å². The van der Waals surface area contributed by atoms with E-state index >= 15 is 0 Å². The topological polar surface area (TPSA) is 237 Å². The number of carbonyl (C=O) groups excluding carboxylic acids is 4. The zero-order valence-electron chi connectivity index (χ0n) is 65.7. The second-order valence-corrected chi connectivity index (χ2v) is 32.5. The first kappa shape index (κ1) is 98.5. The molecule has 0 aliphatic carbocycles. The number of allylic oxidation sites excluding steroid dienone is 4. The second-order valence-electron chi connectivity index (χ2n) is 29.5. The zero-order chi connectivity index (χ0) is 74.2. The molecule has 0 fully saturated rings. The van der Waals surface area contributed by atoms with Crippen LogP contribution in [0.25, 0.3) is 0 Å². The van der Waals surface area contributed by atoms with Crippen LogP contribution >= 0.6 is 15.6 Å². The van der Waals surface area contributed by atoms with Crippen LogP contribution in [0.1, 0.15) is 408 Å². The molecule has 0 spiro atoms. The summed E-state index contributed by atoms with van der Waals surface area (Å²) in [6, 6.07) is 0. The van der Waals surface area contributed by atoms with E-state index in [1.807, 2.05) is 0 Å². The fourth-order valence-corrected chi connectivity index (χ4v) is 13.7. The first-order chi connectivity index (χ1) is 48.9. The summed E-state index contributed by atoms with van der Waals surface area (Å²) in [7, 11) is -9.93. The van der Waals surface area contributed by atoms with Gasteiger partial charge in [-0.15, -0.1) is 0 Å². The van der Waals surface area contributed by atoms with Gasteiger partial charge in [-0.1, -0.05) is 355 Å². The first-order valence-corrected chi connectivity index (χ1v) is 44.8. The van der Waals surface area contributed by atoms with Crippen molar-refractivity contribution >= 4 is 39.5 Å². The minimum Gasteiger partial charge on any atom is -0.462 e. The van der Waals surface area contributed by atoms with Crippen LogP contribution in [0, 0.1) is 11.8 Å². The molecule has 3 N–H and O–H groups in total. The molecule has 6 atom stereocenters. The van der Waals surface area contributed by atoms with Gasteiger partial charge >= 0.3 is 39.5 Å². The number of unbranched alkanes of at least 4 members (excludes halogenated alkanes) is 45. The number of rotatable bonds is 79. The van der Waals surface area contributed by atoms with Gasteiger partial charge in [0.15, 0.2) is 12.2 Å². The summed E-state index contributed by atoms with van der Waals surface area (Å²) in [5.41, 5.74) is 0. The molecule has 0 aliphatic heterocycles. The third kappa shape index (κ3) is 74.2. The van der Waals surface area contributed by atoms with Gasteiger partial charge in [0.2, 0.25) is 0 Å². The Balaban J connectivity index is 5.26. The lowest BCUT2D eigenvalue weighted by molar-refractivity contribution is -0.161. The molecule has 0 aliphatic rings. The Bertz CT molecular complexity index is 2040. The molecular formula is C82H156O17P2. The van der Waals surface area contributed by atoms with Crippen molar-refractivity contribution in [2.45, 2.75) is 426 Å². The summed E-state index contributed by atoms with van der Waals surface area (Å²) in [6.07, 6.45) is 66.2. The summed E-state index contributed by atoms with van der Waals surface area (Å²) >= 11 is 0. The molecule has 0 rings (SSSR count). The normalized spacial score (nSPS) is 14.3. The number of aliphatic hydroxyl groups excluding tert-OH is 1. The average Bonchev–Trinajstić information content (AvgIpc) is 0.929. The third-order valence-corrected chi connectivity index (χ3v) is 20.8. The van der Waals surface area contributed by atoms with E-state index in [0.717, 1.165) is 115 Å². The third-order valence-electron chi connectivity index (χ3n) is 18.9. The minimum atomic E-state index is -4.97. The quantitative estimate of drug-likeness (QED) is 0.0169. The summed E-state index contributed by atoms with van der Waals surface area (Å²) in [5.74, 6) is -0.616. The van der Waals surface area contributed by atoms with Crippen molar-refractivity contribution in [3.05, 3.63) is 24.3 Å². The van der Waals surface area contributed by atoms with Crippen LogP contribution in [0.2, 0.25) is 0 Å². The highest BCUT2D eigenvalue weighted by atomic mass is 31.2. The van der Waals surface area contributed by atoms with Crippen LogP contribution in [0.15, 0.2) is 24.3 Å². The Morgan fingerprint density at radius 3 is 0.891 bits per heavy atom. The molecule has 19 heteroatoms. The Morgan fingerprint density at radius 1 is 0.327 bits per heavy atom. The Kier molecular flexibility index (Phi) is 71.3. The number of esters is 4. The van der Waals surface area contributed by atoms with Gasteiger partial charge in [-0.2, -0.15) is 0 Å². The van der Waals surface area contributed by atoms with Gasteiger partial charge < -0.3 is 33.8 Å². The van der Waals surface area contributed by atoms with Crippen LogP contribution in [0.5, 0.6) is 0 Å². The summed E-state index contributed by atoms with van der Waals surface area (Å²) in [5, 5.41) is 10.6. The van der Waals surface area contributed by atoms with Gasteiger partial charge in [-0.3, -0.25) is 37.3 Å². The van der Waals surface area contributed by atoms with E-state index in [2.05, 4.69) is 65.8 Å². The standard InChI is InChI=1S/C82H156O17P2/c1-7-10-12-14-16-18-20-22-24-25-26-27-29-35-39-43-47-55-61-66-81(86)98-77(70-92-79(84)64-58-52-45-41-37-33-31-30-32-36-40-44-51-57-63-75(6)9-3)72-96-100(88,89)94-68-76(83)69-95-101(90,91)97-73-78(71-93-80(85)65-59-53-49-48-50-56-62-74(4)5)99-82(87)67-60-54-46-42-38-34-28-23-21-19-17-15-13-11-8-2/h19,21,23,28,74-78,83H,7-18,20,22,24-27,29-73H2,1-6H3,(H,88,89)(H,90,91)/b21-19-,28-23-/t75?,76-,77-,78-/m1/s1. The highest BCUT2D eigenvalue weighted by Crippen LogP contribution is 2.45. The summed E-state index contributed by atoms with van der Waals surface area (Å²) in [6.45, 7) is 9.54. The maximum atomic E-state index is 13.1. The molecule has 0 aromatic rings. The van der Waals surface area contributed by atoms with E-state index in [4.69, 9.17) is 37.0 Å². The SMILES string of the molecule is CCCCCC/C=C\C=C/CCCCCCCC(=O)O[C@H](COC(=O)CCCCCCCCC(C)C)COP(=O)(O)OC[C@H](O)COP(=O)(O)OC[C@@H](COC(=O)CCCCCCCCCCCCCCCCC(C)CC)OC(=O)CCCCCCCCCCCCCCCCCCCCC. The summed E-state index contributed by atoms with van der Waals surface area (Å²) in [4.78, 5) is 73.0. The van der Waals surface area contributed by atoms with E-state index in [1.54, 1.807) is 0 Å². The lowest BCUT2D eigenvalue weighted by Gasteiger charge is -2.21. The largest absolute Gasteiger partial charge is 0.472 e. The summed E-state index contributed by atoms with van der Waals surface area (Å²) < 4.78 is 68.7. The predicted octanol–water partition coefficient (Wildman–Crippen LogP) is 24.2. The van der Waals surface area contributed by atoms with Gasteiger partial charge in [0, 0.05) is 25.7 Å². The fraction of sp³-hybridized carbons (Fsp3) is 0.902. The van der Waals surface area contributed by atoms with Gasteiger partial charge in [-0.25, -0.2) is 9.13 Å². The second kappa shape index (κ2) is 73.1. The van der Waals surface area contributed by atoms with Crippen molar-refractivity contribution in [2.75, 3.05) is 39.6 Å². The van der Waals surface area contributed by atoms with E-state index in [-0.39, 0.29) is 25.7 Å². The smallest absolute Gasteiger partial charge is 0.462 e. The Morgan fingerprint density at radius 2 is 0.584 bits per heavy atom. The van der Waals surface area contributed by atoms with Crippen molar-refractivity contribution < 1.29 is 80.2 Å². The highest BCUT2D eigenvalue weighted by Gasteiger charge is 2.30. The van der Waals surface area contributed by atoms with Gasteiger partial charge in [-0.05, 0) is 63.2 Å². The molecule has 0 saturated heterocycles. The predicted molar refractivity (Wildman–Crippen MR) is 414 cm³/mol. The molecule has 0 bridgehead atoms. The van der Waals surface area contributed by atoms with Crippen molar-refractivity contribution in [3.63, 3.8) is 0 Å². The van der Waals surface area contributed by atoms with Crippen LogP contribution in [0.4, 0.5) is 0 Å². The molecule has 0 radical (unpaired) electrons. The van der Waals surface area contributed by atoms with Crippen molar-refractivity contribution in [1.82, 2.24) is 0 Å². The lowest BCUT2D eigenvalue weighted by Crippen LogP contribution is -2.30. The number of phosphoric ester groups is 2. The number of hydrogen-bond donors (Lipinski definition) is 3. The van der Waals surface area contributed by atoms with Crippen molar-refractivity contribution in [2.24, 2.45) is 11.8 Å². The molecule has 0 saturated carbocycles. The molecule has 17 nitrogen and oxygen atoms in total. The maximum Gasteiger partial charge on any atom is 0.472 e. The minimum absolute atomic E-state index is 0.0841. The van der Waals surface area contributed by atoms with Gasteiger partial charge in [0.05, 0.1) is 26.4 Å². The molecule has 101 heavy (non-hydrogen) atoms. The number of carbonyl (C=O) groups is 4. The average molecular weight is 1480 g/mol. The molecule has 0 aromatic heterocycles. The zero-order valence-corrected chi connectivity index (χ0v) is 67.5. The highest BCUT2D eigenvalue weighted by molar-refractivity contribution is 7.47. The monoisotopic (exact) mass is 1480 g/mol. The number of phosphoric acid groups is 2. The molecule has 0 aromatic carbocycles. The van der Waals surface area contributed by atoms with Crippen LogP contribution in [-0.2, 0) is 65.4 Å². The molecule has 0 amide bonds. The molecule has 3 unspecified atom stereocenters. The molecule has 596 valence electrons. The van der Waals surface area contributed by atoms with Gasteiger partial charge in [0.1, 0.15) is 19.3 Å². The fourth-order valence-electron chi connectivity index (χ4n) is 12.1. The van der Waals surface area contributed by atoms with Crippen LogP contribution in [-0.4, -0.2) is 96.7 Å². The van der Waals surface area contributed by atoms with Crippen LogP contribution in [0.3, 0.4) is 0 Å². The lowest BCUT2D eigenvalue weighted by atomic mass is 9.99. The number of ether oxygens (including phenoxy) is 4. The van der Waals surface area contributed by atoms with E-state index in [0.29, 0.717) is 31.6 Å². The first-order valence-electron chi connectivity index (χ1n) is 41.8.